The number of carboxylic acids is 1. The molecule has 0 aliphatic heterocycles. The first-order valence-corrected chi connectivity index (χ1v) is 14.0. The Labute approximate surface area is 217 Å². The highest BCUT2D eigenvalue weighted by molar-refractivity contribution is 5.66. The molecule has 1 aromatic heterocycles. The molecular formula is C30H46N2O4. The third kappa shape index (κ3) is 14.2. The van der Waals surface area contributed by atoms with E-state index in [1.165, 1.54) is 50.5 Å². The van der Waals surface area contributed by atoms with Gasteiger partial charge < -0.3 is 14.6 Å². The number of hydrogen-bond acceptors (Lipinski definition) is 5. The molecule has 0 saturated heterocycles. The van der Waals surface area contributed by atoms with Crippen molar-refractivity contribution in [1.82, 2.24) is 9.97 Å². The van der Waals surface area contributed by atoms with Crippen molar-refractivity contribution >= 4 is 5.97 Å². The summed E-state index contributed by atoms with van der Waals surface area (Å²) in [5.41, 5.74) is 2.35. The van der Waals surface area contributed by atoms with Crippen molar-refractivity contribution in [2.45, 2.75) is 103 Å². The lowest BCUT2D eigenvalue weighted by atomic mass is 10.0. The Morgan fingerprint density at radius 3 is 2.00 bits per heavy atom. The van der Waals surface area contributed by atoms with Gasteiger partial charge in [-0.3, -0.25) is 4.79 Å². The molecule has 0 atom stereocenters. The Morgan fingerprint density at radius 2 is 1.33 bits per heavy atom. The number of carboxylic acid groups (broad SMARTS) is 1. The summed E-state index contributed by atoms with van der Waals surface area (Å²) >= 11 is 0. The normalized spacial score (nSPS) is 11.0. The zero-order valence-corrected chi connectivity index (χ0v) is 22.3. The van der Waals surface area contributed by atoms with E-state index < -0.39 is 5.97 Å². The van der Waals surface area contributed by atoms with E-state index in [-0.39, 0.29) is 0 Å². The molecule has 1 heterocycles. The Balaban J connectivity index is 1.54. The first kappa shape index (κ1) is 29.8. The molecule has 0 aliphatic rings. The van der Waals surface area contributed by atoms with Crippen LogP contribution in [0.3, 0.4) is 0 Å². The van der Waals surface area contributed by atoms with Gasteiger partial charge in [-0.15, -0.1) is 0 Å². The highest BCUT2D eigenvalue weighted by Gasteiger charge is 2.03. The molecule has 200 valence electrons. The Bertz CT molecular complexity index is 809. The molecule has 0 radical (unpaired) electrons. The van der Waals surface area contributed by atoms with Gasteiger partial charge in [0.1, 0.15) is 0 Å². The molecule has 0 saturated carbocycles. The second-order valence-electron chi connectivity index (χ2n) is 9.54. The van der Waals surface area contributed by atoms with Crippen LogP contribution in [0.15, 0.2) is 36.7 Å². The van der Waals surface area contributed by atoms with Gasteiger partial charge in [0, 0.05) is 25.2 Å². The first-order chi connectivity index (χ1) is 17.7. The quantitative estimate of drug-likeness (QED) is 0.168. The molecule has 0 unspecified atom stereocenters. The maximum absolute atomic E-state index is 10.5. The fourth-order valence-corrected chi connectivity index (χ4v) is 4.08. The molecule has 0 aliphatic carbocycles. The van der Waals surface area contributed by atoms with Crippen molar-refractivity contribution in [1.29, 1.82) is 0 Å². The van der Waals surface area contributed by atoms with Gasteiger partial charge in [-0.1, -0.05) is 82.6 Å². The van der Waals surface area contributed by atoms with Crippen molar-refractivity contribution in [3.63, 3.8) is 0 Å². The molecule has 2 aromatic rings. The van der Waals surface area contributed by atoms with Gasteiger partial charge in [0.25, 0.3) is 0 Å². The van der Waals surface area contributed by atoms with Gasteiger partial charge in [0.2, 0.25) is 0 Å². The number of benzene rings is 1. The molecule has 1 aromatic carbocycles. The van der Waals surface area contributed by atoms with Crippen LogP contribution in [0, 0.1) is 0 Å². The van der Waals surface area contributed by atoms with Crippen LogP contribution in [0.1, 0.15) is 102 Å². The third-order valence-corrected chi connectivity index (χ3v) is 6.29. The molecular weight excluding hydrogens is 452 g/mol. The summed E-state index contributed by atoms with van der Waals surface area (Å²) in [6.45, 7) is 4.55. The van der Waals surface area contributed by atoms with Gasteiger partial charge in [-0.05, 0) is 44.1 Å². The van der Waals surface area contributed by atoms with Gasteiger partial charge in [0.15, 0.2) is 11.6 Å². The van der Waals surface area contributed by atoms with E-state index in [9.17, 15) is 4.79 Å². The topological polar surface area (TPSA) is 81.5 Å². The highest BCUT2D eigenvalue weighted by atomic mass is 16.5. The smallest absolute Gasteiger partial charge is 0.303 e. The lowest BCUT2D eigenvalue weighted by Gasteiger charge is -2.07. The number of aryl methyl sites for hydroxylation is 1. The lowest BCUT2D eigenvalue weighted by Crippen LogP contribution is -2.02. The van der Waals surface area contributed by atoms with Gasteiger partial charge in [-0.2, -0.15) is 0 Å². The van der Waals surface area contributed by atoms with Crippen LogP contribution in [-0.4, -0.2) is 40.9 Å². The fraction of sp³-hybridized carbons (Fsp3) is 0.633. The van der Waals surface area contributed by atoms with Crippen LogP contribution in [0.5, 0.6) is 5.75 Å². The summed E-state index contributed by atoms with van der Waals surface area (Å²) in [7, 11) is 0. The van der Waals surface area contributed by atoms with Crippen molar-refractivity contribution in [2.24, 2.45) is 0 Å². The van der Waals surface area contributed by atoms with Crippen LogP contribution in [0.4, 0.5) is 0 Å². The van der Waals surface area contributed by atoms with Gasteiger partial charge in [-0.25, -0.2) is 9.97 Å². The van der Waals surface area contributed by atoms with Crippen molar-refractivity contribution in [3.8, 4) is 17.1 Å². The minimum absolute atomic E-state index is 0.300. The molecule has 6 nitrogen and oxygen atoms in total. The molecule has 0 fully saturated rings. The largest absolute Gasteiger partial charge is 0.490 e. The summed E-state index contributed by atoms with van der Waals surface area (Å²) in [6, 6.07) is 8.52. The number of carbonyl (C=O) groups is 1. The maximum atomic E-state index is 10.5. The predicted octanol–water partition coefficient (Wildman–Crippen LogP) is 7.65. The number of hydrogen-bond donors (Lipinski definition) is 1. The van der Waals surface area contributed by atoms with Crippen molar-refractivity contribution < 1.29 is 19.4 Å². The Morgan fingerprint density at radius 1 is 0.750 bits per heavy atom. The molecule has 2 rings (SSSR count). The molecule has 0 spiro atoms. The van der Waals surface area contributed by atoms with Crippen LogP contribution in [0.25, 0.3) is 11.4 Å². The van der Waals surface area contributed by atoms with Crippen LogP contribution in [0.2, 0.25) is 0 Å². The van der Waals surface area contributed by atoms with E-state index in [0.717, 1.165) is 63.7 Å². The van der Waals surface area contributed by atoms with E-state index in [4.69, 9.17) is 14.6 Å². The number of unbranched alkanes of at least 4 members (excludes halogenated alkanes) is 10. The predicted molar refractivity (Wildman–Crippen MR) is 145 cm³/mol. The molecule has 0 bridgehead atoms. The second kappa shape index (κ2) is 19.7. The number of aromatic nitrogens is 2. The highest BCUT2D eigenvalue weighted by Crippen LogP contribution is 2.19. The van der Waals surface area contributed by atoms with Gasteiger partial charge >= 0.3 is 5.97 Å². The molecule has 0 amide bonds. The van der Waals surface area contributed by atoms with Crippen LogP contribution >= 0.6 is 0 Å². The van der Waals surface area contributed by atoms with E-state index in [2.05, 4.69) is 41.2 Å². The molecule has 6 heteroatoms. The van der Waals surface area contributed by atoms with Gasteiger partial charge in [0.05, 0.1) is 19.0 Å². The summed E-state index contributed by atoms with van der Waals surface area (Å²) in [5, 5.41) is 8.65. The number of nitrogens with zero attached hydrogens (tertiary/aromatic N) is 2. The van der Waals surface area contributed by atoms with E-state index >= 15 is 0 Å². The Hall–Kier alpha value is -2.47. The third-order valence-electron chi connectivity index (χ3n) is 6.29. The monoisotopic (exact) mass is 498 g/mol. The van der Waals surface area contributed by atoms with E-state index in [0.29, 0.717) is 24.6 Å². The second-order valence-corrected chi connectivity index (χ2v) is 9.54. The number of aliphatic carboxylic acids is 1. The SMILES string of the molecule is CCCCCCOCCCCOc1cnc(-c2ccc(CCCCCCCCCC(=O)O)cc2)nc1. The zero-order valence-electron chi connectivity index (χ0n) is 22.3. The summed E-state index contributed by atoms with van der Waals surface area (Å²) < 4.78 is 11.4. The average Bonchev–Trinajstić information content (AvgIpc) is 2.89. The van der Waals surface area contributed by atoms with E-state index in [1.54, 1.807) is 12.4 Å². The van der Waals surface area contributed by atoms with Crippen LogP contribution < -0.4 is 4.74 Å². The minimum atomic E-state index is -0.686. The summed E-state index contributed by atoms with van der Waals surface area (Å²) in [4.78, 5) is 19.5. The minimum Gasteiger partial charge on any atom is -0.490 e. The molecule has 36 heavy (non-hydrogen) atoms. The van der Waals surface area contributed by atoms with Crippen LogP contribution in [-0.2, 0) is 16.0 Å². The van der Waals surface area contributed by atoms with E-state index in [1.807, 2.05) is 0 Å². The molecule has 1 N–H and O–H groups in total. The Kier molecular flexibility index (Phi) is 16.3. The maximum Gasteiger partial charge on any atom is 0.303 e. The summed E-state index contributed by atoms with van der Waals surface area (Å²) in [5.74, 6) is 0.737. The standard InChI is InChI=1S/C30H46N2O4/c1-2-3-4-12-21-35-22-13-14-23-36-28-24-31-30(32-25-28)27-19-17-26(18-20-27)15-10-8-6-5-7-9-11-16-29(33)34/h17-20,24-25H,2-16,21-23H2,1H3,(H,33,34). The summed E-state index contributed by atoms with van der Waals surface area (Å²) in [6.07, 6.45) is 19.6. The zero-order chi connectivity index (χ0) is 25.7. The number of ether oxygens (including phenoxy) is 2. The van der Waals surface area contributed by atoms with Crippen molar-refractivity contribution in [3.05, 3.63) is 42.2 Å². The first-order valence-electron chi connectivity index (χ1n) is 14.0. The average molecular weight is 499 g/mol. The lowest BCUT2D eigenvalue weighted by molar-refractivity contribution is -0.137. The number of rotatable bonds is 22. The fourth-order valence-electron chi connectivity index (χ4n) is 4.08. The van der Waals surface area contributed by atoms with Crippen molar-refractivity contribution in [2.75, 3.05) is 19.8 Å².